The molecule has 0 aliphatic carbocycles. The Balaban J connectivity index is 2.81. The van der Waals surface area contributed by atoms with Gasteiger partial charge in [0.15, 0.2) is 0 Å². The Hall–Kier alpha value is -0.200. The summed E-state index contributed by atoms with van der Waals surface area (Å²) >= 11 is 4.67. The van der Waals surface area contributed by atoms with Crippen molar-refractivity contribution in [2.24, 2.45) is 5.73 Å². The van der Waals surface area contributed by atoms with E-state index in [2.05, 4.69) is 12.2 Å². The third kappa shape index (κ3) is 2.18. The first-order valence-corrected chi connectivity index (χ1v) is 6.15. The van der Waals surface area contributed by atoms with Crippen molar-refractivity contribution in [2.75, 3.05) is 13.1 Å². The lowest BCUT2D eigenvalue weighted by molar-refractivity contribution is 0.475. The lowest BCUT2D eigenvalue weighted by Gasteiger charge is -2.19. The van der Waals surface area contributed by atoms with Gasteiger partial charge in [-0.15, -0.1) is 0 Å². The Morgan fingerprint density at radius 3 is 2.31 bits per heavy atom. The summed E-state index contributed by atoms with van der Waals surface area (Å²) in [4.78, 5) is 0.0481. The van der Waals surface area contributed by atoms with Crippen LogP contribution < -0.4 is 5.73 Å². The summed E-state index contributed by atoms with van der Waals surface area (Å²) in [5, 5.41) is -0.736. The summed E-state index contributed by atoms with van der Waals surface area (Å²) in [6.45, 7) is 2.75. The van der Waals surface area contributed by atoms with E-state index >= 15 is 0 Å². The molecule has 0 spiro atoms. The molecule has 0 bridgehead atoms. The number of nitrogens with two attached hydrogens (primary N) is 1. The fourth-order valence-corrected chi connectivity index (χ4v) is 3.19. The Morgan fingerprint density at radius 2 is 1.92 bits per heavy atom. The van der Waals surface area contributed by atoms with Crippen LogP contribution in [0.2, 0.25) is 0 Å². The highest BCUT2D eigenvalue weighted by Gasteiger charge is 2.32. The molecule has 1 unspecified atom stereocenters. The summed E-state index contributed by atoms with van der Waals surface area (Å²) in [6.07, 6.45) is 1.87. The first-order valence-electron chi connectivity index (χ1n) is 4.24. The zero-order valence-electron chi connectivity index (χ0n) is 7.56. The molecule has 76 valence electrons. The van der Waals surface area contributed by atoms with Crippen molar-refractivity contribution >= 4 is 27.2 Å². The van der Waals surface area contributed by atoms with Crippen molar-refractivity contribution in [3.05, 3.63) is 0 Å². The van der Waals surface area contributed by atoms with Crippen LogP contribution in [0.4, 0.5) is 0 Å². The first-order chi connectivity index (χ1) is 5.96. The number of thiocarbonyl (C=S) groups is 1. The molecule has 2 N–H and O–H groups in total. The van der Waals surface area contributed by atoms with Gasteiger partial charge in [-0.2, -0.15) is 0 Å². The largest absolute Gasteiger partial charge is 0.392 e. The minimum atomic E-state index is -3.27. The first kappa shape index (κ1) is 10.9. The smallest absolute Gasteiger partial charge is 0.223 e. The van der Waals surface area contributed by atoms with Gasteiger partial charge in [0.25, 0.3) is 0 Å². The van der Waals surface area contributed by atoms with Crippen molar-refractivity contribution < 1.29 is 8.42 Å². The summed E-state index contributed by atoms with van der Waals surface area (Å²) in [5.41, 5.74) is 5.32. The van der Waals surface area contributed by atoms with Crippen molar-refractivity contribution in [3.63, 3.8) is 0 Å². The minimum absolute atomic E-state index is 0.0481. The average molecular weight is 222 g/mol. The number of hydrogen-bond acceptors (Lipinski definition) is 3. The van der Waals surface area contributed by atoms with E-state index in [1.165, 1.54) is 11.2 Å². The summed E-state index contributed by atoms with van der Waals surface area (Å²) in [6, 6.07) is 0. The van der Waals surface area contributed by atoms with Gasteiger partial charge in [-0.1, -0.05) is 12.2 Å². The van der Waals surface area contributed by atoms with E-state index in [0.29, 0.717) is 13.1 Å². The minimum Gasteiger partial charge on any atom is -0.392 e. The van der Waals surface area contributed by atoms with Crippen molar-refractivity contribution in [1.82, 2.24) is 4.31 Å². The molecule has 0 amide bonds. The van der Waals surface area contributed by atoms with Crippen LogP contribution >= 0.6 is 12.2 Å². The molecule has 4 nitrogen and oxygen atoms in total. The normalized spacial score (nSPS) is 21.6. The van der Waals surface area contributed by atoms with Gasteiger partial charge in [0.2, 0.25) is 10.0 Å². The molecule has 1 fully saturated rings. The van der Waals surface area contributed by atoms with Gasteiger partial charge in [-0.25, -0.2) is 12.7 Å². The van der Waals surface area contributed by atoms with Gasteiger partial charge in [0.05, 0.1) is 4.99 Å². The monoisotopic (exact) mass is 222 g/mol. The predicted molar refractivity (Wildman–Crippen MR) is 56.0 cm³/mol. The highest BCUT2D eigenvalue weighted by Crippen LogP contribution is 2.16. The van der Waals surface area contributed by atoms with Crippen LogP contribution in [-0.4, -0.2) is 36.1 Å². The molecule has 0 radical (unpaired) electrons. The number of hydrogen-bond donors (Lipinski definition) is 1. The number of nitrogens with zero attached hydrogens (tertiary/aromatic N) is 1. The third-order valence-electron chi connectivity index (χ3n) is 2.27. The molecular formula is C7H14N2O2S2. The second kappa shape index (κ2) is 3.89. The van der Waals surface area contributed by atoms with E-state index in [-0.39, 0.29) is 4.99 Å². The van der Waals surface area contributed by atoms with Crippen molar-refractivity contribution in [1.29, 1.82) is 0 Å². The van der Waals surface area contributed by atoms with E-state index in [4.69, 9.17) is 5.73 Å². The van der Waals surface area contributed by atoms with E-state index in [9.17, 15) is 8.42 Å². The van der Waals surface area contributed by atoms with Gasteiger partial charge in [0.1, 0.15) is 5.25 Å². The molecule has 1 rings (SSSR count). The molecule has 1 aliphatic heterocycles. The van der Waals surface area contributed by atoms with Crippen LogP contribution in [0, 0.1) is 0 Å². The number of sulfonamides is 1. The molecule has 1 heterocycles. The topological polar surface area (TPSA) is 63.4 Å². The lowest BCUT2D eigenvalue weighted by atomic mass is 10.4. The SMILES string of the molecule is CC(C(N)=S)S(=O)(=O)N1CCCC1. The van der Waals surface area contributed by atoms with Crippen LogP contribution in [-0.2, 0) is 10.0 Å². The number of rotatable bonds is 3. The van der Waals surface area contributed by atoms with Gasteiger partial charge in [0, 0.05) is 13.1 Å². The second-order valence-electron chi connectivity index (χ2n) is 3.20. The van der Waals surface area contributed by atoms with Crippen LogP contribution in [0.15, 0.2) is 0 Å². The van der Waals surface area contributed by atoms with Crippen LogP contribution in [0.3, 0.4) is 0 Å². The maximum atomic E-state index is 11.7. The molecule has 0 aromatic rings. The summed E-state index contributed by atoms with van der Waals surface area (Å²) < 4.78 is 24.9. The molecule has 1 aliphatic rings. The summed E-state index contributed by atoms with van der Waals surface area (Å²) in [7, 11) is -3.27. The third-order valence-corrected chi connectivity index (χ3v) is 5.01. The molecule has 0 aromatic carbocycles. The molecule has 0 saturated carbocycles. The van der Waals surface area contributed by atoms with E-state index in [1.807, 2.05) is 0 Å². The van der Waals surface area contributed by atoms with E-state index in [1.54, 1.807) is 0 Å². The maximum Gasteiger partial charge on any atom is 0.223 e. The molecule has 13 heavy (non-hydrogen) atoms. The summed E-state index contributed by atoms with van der Waals surface area (Å²) in [5.74, 6) is 0. The van der Waals surface area contributed by atoms with Crippen molar-refractivity contribution in [3.8, 4) is 0 Å². The average Bonchev–Trinajstić information content (AvgIpc) is 2.54. The Labute approximate surface area is 84.1 Å². The van der Waals surface area contributed by atoms with E-state index in [0.717, 1.165) is 12.8 Å². The maximum absolute atomic E-state index is 11.7. The Bertz CT molecular complexity index is 294. The standard InChI is InChI=1S/C7H14N2O2S2/c1-6(7(8)12)13(10,11)9-4-2-3-5-9/h6H,2-5H2,1H3,(H2,8,12). The van der Waals surface area contributed by atoms with Gasteiger partial charge >= 0.3 is 0 Å². The van der Waals surface area contributed by atoms with Gasteiger partial charge in [-0.05, 0) is 19.8 Å². The van der Waals surface area contributed by atoms with Crippen molar-refractivity contribution in [2.45, 2.75) is 25.0 Å². The fraction of sp³-hybridized carbons (Fsp3) is 0.857. The zero-order valence-corrected chi connectivity index (χ0v) is 9.20. The fourth-order valence-electron chi connectivity index (χ4n) is 1.31. The van der Waals surface area contributed by atoms with Crippen LogP contribution in [0.25, 0.3) is 0 Å². The Morgan fingerprint density at radius 1 is 1.46 bits per heavy atom. The Kier molecular flexibility index (Phi) is 3.26. The molecule has 1 atom stereocenters. The predicted octanol–water partition coefficient (Wildman–Crippen LogP) is 0.0866. The van der Waals surface area contributed by atoms with Crippen LogP contribution in [0.5, 0.6) is 0 Å². The molecule has 1 saturated heterocycles. The zero-order chi connectivity index (χ0) is 10.1. The lowest BCUT2D eigenvalue weighted by Crippen LogP contribution is -2.41. The quantitative estimate of drug-likeness (QED) is 0.687. The highest BCUT2D eigenvalue weighted by atomic mass is 32.2. The van der Waals surface area contributed by atoms with Gasteiger partial charge < -0.3 is 5.73 Å². The molecular weight excluding hydrogens is 208 g/mol. The highest BCUT2D eigenvalue weighted by molar-refractivity contribution is 7.92. The van der Waals surface area contributed by atoms with Crippen LogP contribution in [0.1, 0.15) is 19.8 Å². The van der Waals surface area contributed by atoms with E-state index < -0.39 is 15.3 Å². The molecule has 6 heteroatoms. The van der Waals surface area contributed by atoms with Gasteiger partial charge in [-0.3, -0.25) is 0 Å². The molecule has 0 aromatic heterocycles. The second-order valence-corrected chi connectivity index (χ2v) is 5.92.